The van der Waals surface area contributed by atoms with Gasteiger partial charge in [0.05, 0.1) is 6.61 Å². The minimum atomic E-state index is -4.58. The van der Waals surface area contributed by atoms with Crippen molar-refractivity contribution < 1.29 is 33.5 Å². The van der Waals surface area contributed by atoms with E-state index in [1.54, 1.807) is 6.92 Å². The number of aliphatic hydroxyl groups excluding tert-OH is 1. The molecular formula is C7H15O7P. The molecule has 0 radical (unpaired) electrons. The molecule has 0 aromatic heterocycles. The molecule has 0 aliphatic heterocycles. The van der Waals surface area contributed by atoms with Gasteiger partial charge in [-0.1, -0.05) is 6.92 Å². The van der Waals surface area contributed by atoms with Crippen LogP contribution in [0.2, 0.25) is 0 Å². The number of hydrogen-bond acceptors (Lipinski definition) is 5. The molecule has 0 rings (SSSR count). The fourth-order valence-electron chi connectivity index (χ4n) is 0.697. The average molecular weight is 242 g/mol. The first kappa shape index (κ1) is 14.5. The van der Waals surface area contributed by atoms with Gasteiger partial charge in [0.1, 0.15) is 12.7 Å². The molecule has 0 aromatic carbocycles. The highest BCUT2D eigenvalue weighted by molar-refractivity contribution is 7.46. The zero-order valence-corrected chi connectivity index (χ0v) is 9.22. The van der Waals surface area contributed by atoms with Gasteiger partial charge in [0.2, 0.25) is 0 Å². The third-order valence-corrected chi connectivity index (χ3v) is 1.81. The highest BCUT2D eigenvalue weighted by Crippen LogP contribution is 2.35. The summed E-state index contributed by atoms with van der Waals surface area (Å²) in [6.07, 6.45) is -0.363. The number of carbonyl (C=O) groups excluding carboxylic acids is 1. The molecule has 90 valence electrons. The second-order valence-electron chi connectivity index (χ2n) is 2.87. The number of carbonyl (C=O) groups is 1. The van der Waals surface area contributed by atoms with E-state index >= 15 is 0 Å². The summed E-state index contributed by atoms with van der Waals surface area (Å²) in [6.45, 7) is 0.886. The predicted molar refractivity (Wildman–Crippen MR) is 49.9 cm³/mol. The summed E-state index contributed by atoms with van der Waals surface area (Å²) >= 11 is 0. The van der Waals surface area contributed by atoms with Crippen molar-refractivity contribution >= 4 is 13.8 Å². The van der Waals surface area contributed by atoms with Crippen LogP contribution in [0.3, 0.4) is 0 Å². The third kappa shape index (κ3) is 9.84. The molecule has 0 amide bonds. The molecule has 0 aromatic rings. The molecule has 0 heterocycles. The third-order valence-electron chi connectivity index (χ3n) is 1.33. The highest BCUT2D eigenvalue weighted by Gasteiger charge is 2.17. The molecule has 0 fully saturated rings. The molecule has 7 nitrogen and oxygen atoms in total. The van der Waals surface area contributed by atoms with E-state index in [2.05, 4.69) is 9.26 Å². The predicted octanol–water partition coefficient (Wildman–Crippen LogP) is -0.200. The summed E-state index contributed by atoms with van der Waals surface area (Å²) in [6, 6.07) is 0. The van der Waals surface area contributed by atoms with Crippen molar-refractivity contribution in [3.8, 4) is 0 Å². The Balaban J connectivity index is 3.62. The number of hydrogen-bond donors (Lipinski definition) is 3. The van der Waals surface area contributed by atoms with Gasteiger partial charge in [-0.3, -0.25) is 9.32 Å². The van der Waals surface area contributed by atoms with Crippen LogP contribution in [0.1, 0.15) is 19.8 Å². The Morgan fingerprint density at radius 1 is 1.40 bits per heavy atom. The van der Waals surface area contributed by atoms with Gasteiger partial charge in [0, 0.05) is 6.42 Å². The minimum absolute atomic E-state index is 0.242. The van der Waals surface area contributed by atoms with Gasteiger partial charge in [-0.05, 0) is 6.42 Å². The normalized spacial score (nSPS) is 13.6. The Labute approximate surface area is 87.2 Å². The van der Waals surface area contributed by atoms with Crippen LogP contribution in [-0.4, -0.2) is 40.2 Å². The van der Waals surface area contributed by atoms with Crippen LogP contribution in [0, 0.1) is 0 Å². The maximum atomic E-state index is 10.8. The largest absolute Gasteiger partial charge is 0.469 e. The van der Waals surface area contributed by atoms with E-state index in [1.165, 1.54) is 0 Å². The lowest BCUT2D eigenvalue weighted by Gasteiger charge is -2.11. The second-order valence-corrected chi connectivity index (χ2v) is 4.11. The van der Waals surface area contributed by atoms with E-state index in [0.717, 1.165) is 0 Å². The van der Waals surface area contributed by atoms with Crippen molar-refractivity contribution in [3.05, 3.63) is 0 Å². The molecular weight excluding hydrogens is 227 g/mol. The molecule has 0 spiro atoms. The van der Waals surface area contributed by atoms with E-state index < -0.39 is 26.5 Å². The topological polar surface area (TPSA) is 113 Å². The quantitative estimate of drug-likeness (QED) is 0.418. The Hall–Kier alpha value is -0.460. The van der Waals surface area contributed by atoms with Crippen LogP contribution in [0.25, 0.3) is 0 Å². The van der Waals surface area contributed by atoms with Crippen molar-refractivity contribution in [1.29, 1.82) is 0 Å². The van der Waals surface area contributed by atoms with Crippen molar-refractivity contribution in [3.63, 3.8) is 0 Å². The Bertz CT molecular complexity index is 235. The SMILES string of the molecule is CCCC(=O)OC[C@@H](O)COP(=O)(O)O. The zero-order chi connectivity index (χ0) is 11.9. The van der Waals surface area contributed by atoms with Crippen LogP contribution in [-0.2, 0) is 18.6 Å². The molecule has 0 aliphatic rings. The summed E-state index contributed by atoms with van der Waals surface area (Å²) in [4.78, 5) is 27.4. The van der Waals surface area contributed by atoms with E-state index in [0.29, 0.717) is 6.42 Å². The maximum absolute atomic E-state index is 10.8. The summed E-state index contributed by atoms with van der Waals surface area (Å²) < 4.78 is 18.8. The summed E-state index contributed by atoms with van der Waals surface area (Å²) in [5.74, 6) is -0.465. The van der Waals surface area contributed by atoms with Crippen molar-refractivity contribution in [2.75, 3.05) is 13.2 Å². The fourth-order valence-corrected chi connectivity index (χ4v) is 1.06. The molecule has 0 saturated heterocycles. The lowest BCUT2D eigenvalue weighted by Crippen LogP contribution is -2.23. The summed E-state index contributed by atoms with van der Waals surface area (Å²) in [5.41, 5.74) is 0. The number of ether oxygens (including phenoxy) is 1. The van der Waals surface area contributed by atoms with Crippen LogP contribution < -0.4 is 0 Å². The molecule has 0 saturated carbocycles. The fraction of sp³-hybridized carbons (Fsp3) is 0.857. The lowest BCUT2D eigenvalue weighted by molar-refractivity contribution is -0.147. The smallest absolute Gasteiger partial charge is 0.463 e. The number of esters is 1. The van der Waals surface area contributed by atoms with Crippen LogP contribution in [0.5, 0.6) is 0 Å². The van der Waals surface area contributed by atoms with Gasteiger partial charge in [-0.25, -0.2) is 4.57 Å². The molecule has 3 N–H and O–H groups in total. The second kappa shape index (κ2) is 6.92. The lowest BCUT2D eigenvalue weighted by atomic mass is 10.3. The molecule has 8 heteroatoms. The van der Waals surface area contributed by atoms with Crippen molar-refractivity contribution in [2.24, 2.45) is 0 Å². The van der Waals surface area contributed by atoms with E-state index in [-0.39, 0.29) is 13.0 Å². The van der Waals surface area contributed by atoms with Crippen LogP contribution in [0.15, 0.2) is 0 Å². The molecule has 0 bridgehead atoms. The summed E-state index contributed by atoms with van der Waals surface area (Å²) in [5, 5.41) is 9.08. The van der Waals surface area contributed by atoms with Gasteiger partial charge in [-0.15, -0.1) is 0 Å². The van der Waals surface area contributed by atoms with Crippen molar-refractivity contribution in [1.82, 2.24) is 0 Å². The van der Waals surface area contributed by atoms with Crippen LogP contribution in [0.4, 0.5) is 0 Å². The number of phosphoric acid groups is 1. The first-order valence-electron chi connectivity index (χ1n) is 4.39. The van der Waals surface area contributed by atoms with Crippen molar-refractivity contribution in [2.45, 2.75) is 25.9 Å². The van der Waals surface area contributed by atoms with Crippen LogP contribution >= 0.6 is 7.82 Å². The van der Waals surface area contributed by atoms with Gasteiger partial charge in [-0.2, -0.15) is 0 Å². The Kier molecular flexibility index (Phi) is 6.71. The van der Waals surface area contributed by atoms with Gasteiger partial charge in [0.15, 0.2) is 0 Å². The minimum Gasteiger partial charge on any atom is -0.463 e. The van der Waals surface area contributed by atoms with Gasteiger partial charge >= 0.3 is 13.8 Å². The number of phosphoric ester groups is 1. The monoisotopic (exact) mass is 242 g/mol. The Morgan fingerprint density at radius 2 is 2.00 bits per heavy atom. The molecule has 0 unspecified atom stereocenters. The first-order valence-corrected chi connectivity index (χ1v) is 5.92. The average Bonchev–Trinajstić information content (AvgIpc) is 2.11. The number of rotatable bonds is 7. The first-order chi connectivity index (χ1) is 6.85. The van der Waals surface area contributed by atoms with E-state index in [9.17, 15) is 9.36 Å². The highest BCUT2D eigenvalue weighted by atomic mass is 31.2. The molecule has 15 heavy (non-hydrogen) atoms. The van der Waals surface area contributed by atoms with Gasteiger partial charge < -0.3 is 19.6 Å². The van der Waals surface area contributed by atoms with E-state index in [1.807, 2.05) is 0 Å². The molecule has 1 atom stereocenters. The maximum Gasteiger partial charge on any atom is 0.469 e. The van der Waals surface area contributed by atoms with E-state index in [4.69, 9.17) is 14.9 Å². The molecule has 0 aliphatic carbocycles. The number of aliphatic hydroxyl groups is 1. The standard InChI is InChI=1S/C7H15O7P/c1-2-3-7(9)13-4-6(8)5-14-15(10,11)12/h6,8H,2-5H2,1H3,(H2,10,11,12)/t6-/m1/s1. The van der Waals surface area contributed by atoms with Gasteiger partial charge in [0.25, 0.3) is 0 Å². The zero-order valence-electron chi connectivity index (χ0n) is 8.33. The summed E-state index contributed by atoms with van der Waals surface area (Å²) in [7, 11) is -4.58. The Morgan fingerprint density at radius 3 is 2.47 bits per heavy atom.